The maximum absolute atomic E-state index is 11.7. The normalized spacial score (nSPS) is 25.0. The van der Waals surface area contributed by atoms with Crippen molar-refractivity contribution in [1.29, 1.82) is 0 Å². The molecule has 0 aromatic carbocycles. The fourth-order valence-electron chi connectivity index (χ4n) is 1.57. The van der Waals surface area contributed by atoms with E-state index in [1.807, 2.05) is 18.4 Å². The zero-order chi connectivity index (χ0) is 11.1. The average Bonchev–Trinajstić information content (AvgIpc) is 2.67. The molecule has 0 unspecified atom stereocenters. The fraction of sp³-hybridized carbons (Fsp3) is 0.400. The van der Waals surface area contributed by atoms with Crippen LogP contribution in [0.25, 0.3) is 0 Å². The molecule has 0 radical (unpaired) electrons. The van der Waals surface area contributed by atoms with E-state index < -0.39 is 5.54 Å². The van der Waals surface area contributed by atoms with Gasteiger partial charge < -0.3 is 5.73 Å². The molecule has 0 spiro atoms. The molecule has 86 valence electrons. The van der Waals surface area contributed by atoms with Gasteiger partial charge in [0.2, 0.25) is 5.91 Å². The van der Waals surface area contributed by atoms with Gasteiger partial charge in [0.25, 0.3) is 0 Å². The van der Waals surface area contributed by atoms with Gasteiger partial charge in [0, 0.05) is 40.1 Å². The van der Waals surface area contributed by atoms with Crippen LogP contribution in [-0.2, 0) is 31.4 Å². The molecule has 16 heavy (non-hydrogen) atoms. The van der Waals surface area contributed by atoms with Crippen molar-refractivity contribution in [2.75, 3.05) is 7.05 Å². The van der Waals surface area contributed by atoms with Crippen LogP contribution in [-0.4, -0.2) is 23.8 Å². The van der Waals surface area contributed by atoms with Crippen molar-refractivity contribution in [2.24, 2.45) is 10.7 Å². The summed E-state index contributed by atoms with van der Waals surface area (Å²) in [4.78, 5) is 18.5. The van der Waals surface area contributed by atoms with Crippen LogP contribution >= 0.6 is 11.3 Å². The second-order valence-corrected chi connectivity index (χ2v) is 4.70. The molecule has 2 rings (SSSR count). The van der Waals surface area contributed by atoms with Crippen LogP contribution in [0.4, 0.5) is 0 Å². The third-order valence-electron chi connectivity index (χ3n) is 2.57. The van der Waals surface area contributed by atoms with E-state index >= 15 is 0 Å². The molecule has 1 aliphatic rings. The summed E-state index contributed by atoms with van der Waals surface area (Å²) in [5.41, 5.74) is 5.18. The molecule has 1 atom stereocenters. The molecule has 2 N–H and O–H groups in total. The number of aliphatic imine (C=N–C) groups is 1. The number of thiophene rings is 1. The van der Waals surface area contributed by atoms with E-state index in [9.17, 15) is 4.79 Å². The van der Waals surface area contributed by atoms with Gasteiger partial charge in [-0.15, -0.1) is 10.3 Å². The minimum Gasteiger partial charge on any atom is -0.369 e. The number of hydrogen-bond acceptors (Lipinski definition) is 4. The molecule has 1 aromatic rings. The molecule has 1 amide bonds. The summed E-state index contributed by atoms with van der Waals surface area (Å²) in [5, 5.41) is 1.86. The molecular weight excluding hydrogens is 306 g/mol. The van der Waals surface area contributed by atoms with Gasteiger partial charge in [-0.3, -0.25) is 26.0 Å². The standard InChI is InChI=1S/C10H12N3OS.Mo/c1-10(7-4-3-5-15-7)6-8(14)13(2)9(11)12-10;/h4-5H,6H2,1-2H3,(H2,11,12);/q-1;/t10-;/m0./s1. The minimum absolute atomic E-state index is 0. The summed E-state index contributed by atoms with van der Waals surface area (Å²) in [6, 6.07) is 4.84. The number of guanidine groups is 1. The van der Waals surface area contributed by atoms with Gasteiger partial charge in [-0.25, -0.2) is 12.1 Å². The summed E-state index contributed by atoms with van der Waals surface area (Å²) in [5.74, 6) is 0.278. The van der Waals surface area contributed by atoms with Crippen LogP contribution in [0, 0.1) is 6.07 Å². The predicted octanol–water partition coefficient (Wildman–Crippen LogP) is 0.938. The van der Waals surface area contributed by atoms with Crippen molar-refractivity contribution in [3.8, 4) is 0 Å². The van der Waals surface area contributed by atoms with Crippen LogP contribution in [0.5, 0.6) is 0 Å². The molecule has 0 aliphatic carbocycles. The Balaban J connectivity index is 0.00000128. The number of nitrogens with two attached hydrogens (primary N) is 1. The predicted molar refractivity (Wildman–Crippen MR) is 59.5 cm³/mol. The molecule has 2 heterocycles. The Hall–Kier alpha value is -0.672. The average molecular weight is 318 g/mol. The fourth-order valence-corrected chi connectivity index (χ4v) is 2.34. The number of rotatable bonds is 1. The Morgan fingerprint density at radius 3 is 2.88 bits per heavy atom. The second-order valence-electron chi connectivity index (χ2n) is 3.78. The molecule has 1 aromatic heterocycles. The SMILES string of the molecule is CN1C(=O)C[C@@](C)(c2c[c-]cs2)N=C1N.[Mo]. The summed E-state index contributed by atoms with van der Waals surface area (Å²) >= 11 is 1.54. The van der Waals surface area contributed by atoms with Crippen molar-refractivity contribution in [2.45, 2.75) is 18.9 Å². The van der Waals surface area contributed by atoms with E-state index in [2.05, 4.69) is 11.1 Å². The van der Waals surface area contributed by atoms with Gasteiger partial charge in [0.1, 0.15) is 0 Å². The smallest absolute Gasteiger partial charge is 0.230 e. The van der Waals surface area contributed by atoms with Gasteiger partial charge >= 0.3 is 0 Å². The minimum atomic E-state index is -0.516. The largest absolute Gasteiger partial charge is 0.369 e. The van der Waals surface area contributed by atoms with Gasteiger partial charge in [-0.05, 0) is 0 Å². The first-order valence-corrected chi connectivity index (χ1v) is 5.48. The van der Waals surface area contributed by atoms with Gasteiger partial charge in [-0.1, -0.05) is 6.92 Å². The number of carbonyl (C=O) groups is 1. The number of carbonyl (C=O) groups excluding carboxylic acids is 1. The van der Waals surface area contributed by atoms with Crippen LogP contribution < -0.4 is 5.73 Å². The Kier molecular flexibility index (Phi) is 3.92. The first kappa shape index (κ1) is 13.4. The maximum atomic E-state index is 11.7. The van der Waals surface area contributed by atoms with E-state index in [4.69, 9.17) is 5.73 Å². The number of hydrogen-bond donors (Lipinski definition) is 1. The monoisotopic (exact) mass is 320 g/mol. The number of amides is 1. The first-order valence-electron chi connectivity index (χ1n) is 4.60. The van der Waals surface area contributed by atoms with E-state index in [-0.39, 0.29) is 32.9 Å². The van der Waals surface area contributed by atoms with E-state index in [1.165, 1.54) is 4.90 Å². The molecule has 1 aliphatic heterocycles. The molecule has 0 saturated carbocycles. The van der Waals surface area contributed by atoms with Crippen LogP contribution in [0.1, 0.15) is 18.2 Å². The Morgan fingerprint density at radius 2 is 2.38 bits per heavy atom. The van der Waals surface area contributed by atoms with Crippen molar-refractivity contribution in [3.63, 3.8) is 0 Å². The topological polar surface area (TPSA) is 58.7 Å². The summed E-state index contributed by atoms with van der Waals surface area (Å²) in [7, 11) is 1.64. The van der Waals surface area contributed by atoms with Crippen LogP contribution in [0.3, 0.4) is 0 Å². The van der Waals surface area contributed by atoms with E-state index in [1.54, 1.807) is 18.4 Å². The first-order chi connectivity index (χ1) is 7.03. The Bertz CT molecular complexity index is 418. The number of nitrogens with zero attached hydrogens (tertiary/aromatic N) is 2. The van der Waals surface area contributed by atoms with Gasteiger partial charge in [-0.2, -0.15) is 0 Å². The zero-order valence-electron chi connectivity index (χ0n) is 9.06. The van der Waals surface area contributed by atoms with Gasteiger partial charge in [0.15, 0.2) is 5.96 Å². The molecular formula is C10H12MoN3OS-. The molecule has 0 bridgehead atoms. The maximum Gasteiger partial charge on any atom is 0.230 e. The van der Waals surface area contributed by atoms with E-state index in [0.717, 1.165) is 4.88 Å². The summed E-state index contributed by atoms with van der Waals surface area (Å²) in [6.45, 7) is 1.92. The van der Waals surface area contributed by atoms with Crippen molar-refractivity contribution in [3.05, 3.63) is 22.4 Å². The second kappa shape index (κ2) is 4.68. The van der Waals surface area contributed by atoms with Crippen LogP contribution in [0.15, 0.2) is 16.4 Å². The summed E-state index contributed by atoms with van der Waals surface area (Å²) in [6.07, 6.45) is 0.360. The van der Waals surface area contributed by atoms with E-state index in [0.29, 0.717) is 6.42 Å². The quantitative estimate of drug-likeness (QED) is 0.619. The Labute approximate surface area is 113 Å². The van der Waals surface area contributed by atoms with Crippen LogP contribution in [0.2, 0.25) is 0 Å². The van der Waals surface area contributed by atoms with Crippen molar-refractivity contribution >= 4 is 23.2 Å². The summed E-state index contributed by atoms with van der Waals surface area (Å²) < 4.78 is 0. The van der Waals surface area contributed by atoms with Crippen molar-refractivity contribution < 1.29 is 25.9 Å². The molecule has 4 nitrogen and oxygen atoms in total. The third-order valence-corrected chi connectivity index (χ3v) is 3.64. The third kappa shape index (κ3) is 2.20. The van der Waals surface area contributed by atoms with Crippen molar-refractivity contribution in [1.82, 2.24) is 4.90 Å². The van der Waals surface area contributed by atoms with Gasteiger partial charge in [0.05, 0.1) is 0 Å². The Morgan fingerprint density at radius 1 is 1.69 bits per heavy atom. The zero-order valence-corrected chi connectivity index (χ0v) is 11.9. The molecule has 0 saturated heterocycles. The molecule has 6 heteroatoms. The molecule has 0 fully saturated rings.